The molecule has 0 amide bonds. The largest absolute Gasteiger partial charge is 0.135 e. The van der Waals surface area contributed by atoms with Crippen LogP contribution in [0.1, 0.15) is 45.4 Å². The number of hydrogen-bond donors (Lipinski definition) is 0. The summed E-state index contributed by atoms with van der Waals surface area (Å²) in [7, 11) is 0. The Kier molecular flexibility index (Phi) is 6.49. The normalized spacial score (nSPS) is 13.1. The van der Waals surface area contributed by atoms with Crippen molar-refractivity contribution in [1.82, 2.24) is 0 Å². The molecule has 1 heterocycles. The summed E-state index contributed by atoms with van der Waals surface area (Å²) in [6.45, 7) is 9.14. The molecule has 0 unspecified atom stereocenters. The minimum atomic E-state index is 1.04. The van der Waals surface area contributed by atoms with Crippen LogP contribution in [0, 0.1) is 27.7 Å². The number of aryl methyl sites for hydroxylation is 2. The second-order valence-electron chi connectivity index (χ2n) is 13.3. The third-order valence-electron chi connectivity index (χ3n) is 10.9. The third-order valence-corrected chi connectivity index (χ3v) is 12.2. The van der Waals surface area contributed by atoms with Gasteiger partial charge in [-0.2, -0.15) is 0 Å². The standard InChI is InChI=1S/C46H36S/c1-27-28(2)30(4)46-43(29(27)3)41-24-22-34(26-42(41)47-46)44-37-16-8-10-18-39(37)45(40-19-11-9-17-38(40)44)36-20-12-15-33-25-32(21-23-35(33)36)31-13-6-5-7-14-31/h5-20,22,24-26H,21,23H2,1-4H3. The lowest BCUT2D eigenvalue weighted by Crippen LogP contribution is -2.02. The van der Waals surface area contributed by atoms with Crippen molar-refractivity contribution in [2.75, 3.05) is 0 Å². The summed E-state index contributed by atoms with van der Waals surface area (Å²) in [5.74, 6) is 0. The molecule has 1 aliphatic carbocycles. The molecule has 9 rings (SSSR count). The van der Waals surface area contributed by atoms with Crippen molar-refractivity contribution >= 4 is 64.7 Å². The highest BCUT2D eigenvalue weighted by Gasteiger charge is 2.22. The maximum atomic E-state index is 2.46. The lowest BCUT2D eigenvalue weighted by Gasteiger charge is -2.23. The van der Waals surface area contributed by atoms with Gasteiger partial charge in [-0.25, -0.2) is 0 Å². The monoisotopic (exact) mass is 620 g/mol. The van der Waals surface area contributed by atoms with Gasteiger partial charge in [-0.1, -0.05) is 115 Å². The Morgan fingerprint density at radius 1 is 0.489 bits per heavy atom. The van der Waals surface area contributed by atoms with Crippen molar-refractivity contribution in [3.63, 3.8) is 0 Å². The van der Waals surface area contributed by atoms with E-state index < -0.39 is 0 Å². The van der Waals surface area contributed by atoms with Gasteiger partial charge in [0.1, 0.15) is 0 Å². The molecule has 1 aromatic heterocycles. The lowest BCUT2D eigenvalue weighted by atomic mass is 9.80. The summed E-state index contributed by atoms with van der Waals surface area (Å²) in [5.41, 5.74) is 16.6. The predicted molar refractivity (Wildman–Crippen MR) is 207 cm³/mol. The predicted octanol–water partition coefficient (Wildman–Crippen LogP) is 13.4. The van der Waals surface area contributed by atoms with E-state index in [1.165, 1.54) is 108 Å². The van der Waals surface area contributed by atoms with Crippen LogP contribution < -0.4 is 0 Å². The minimum absolute atomic E-state index is 1.04. The first-order valence-electron chi connectivity index (χ1n) is 16.7. The van der Waals surface area contributed by atoms with Crippen LogP contribution in [0.3, 0.4) is 0 Å². The van der Waals surface area contributed by atoms with Crippen LogP contribution in [-0.2, 0) is 6.42 Å². The molecule has 0 aliphatic heterocycles. The highest BCUT2D eigenvalue weighted by atomic mass is 32.1. The van der Waals surface area contributed by atoms with Crippen LogP contribution >= 0.6 is 11.3 Å². The van der Waals surface area contributed by atoms with Crippen molar-refractivity contribution in [2.24, 2.45) is 0 Å². The zero-order chi connectivity index (χ0) is 31.8. The van der Waals surface area contributed by atoms with Crippen LogP contribution in [0.4, 0.5) is 0 Å². The first-order chi connectivity index (χ1) is 23.0. The fourth-order valence-electron chi connectivity index (χ4n) is 8.19. The van der Waals surface area contributed by atoms with Gasteiger partial charge < -0.3 is 0 Å². The van der Waals surface area contributed by atoms with Gasteiger partial charge in [0.15, 0.2) is 0 Å². The Hall–Kier alpha value is -4.98. The average Bonchev–Trinajstić information content (AvgIpc) is 3.51. The van der Waals surface area contributed by atoms with E-state index in [1.807, 2.05) is 11.3 Å². The molecule has 0 saturated heterocycles. The molecular formula is C46H36S. The lowest BCUT2D eigenvalue weighted by molar-refractivity contribution is 1.00. The number of hydrogen-bond acceptors (Lipinski definition) is 1. The number of rotatable bonds is 3. The van der Waals surface area contributed by atoms with Crippen LogP contribution in [0.2, 0.25) is 0 Å². The van der Waals surface area contributed by atoms with Gasteiger partial charge in [0.05, 0.1) is 0 Å². The number of thiophene rings is 1. The third kappa shape index (κ3) is 4.26. The molecule has 0 bridgehead atoms. The quantitative estimate of drug-likeness (QED) is 0.172. The summed E-state index contributed by atoms with van der Waals surface area (Å²) < 4.78 is 2.80. The second-order valence-corrected chi connectivity index (χ2v) is 14.3. The van der Waals surface area contributed by atoms with Gasteiger partial charge in [-0.15, -0.1) is 11.3 Å². The molecule has 0 nitrogen and oxygen atoms in total. The maximum Gasteiger partial charge on any atom is 0.0390 e. The van der Waals surface area contributed by atoms with E-state index in [9.17, 15) is 0 Å². The maximum absolute atomic E-state index is 2.46. The Balaban J connectivity index is 1.30. The summed E-state index contributed by atoms with van der Waals surface area (Å²) in [6, 6.07) is 43.1. The van der Waals surface area contributed by atoms with Gasteiger partial charge >= 0.3 is 0 Å². The zero-order valence-corrected chi connectivity index (χ0v) is 28.2. The molecule has 1 aliphatic rings. The molecule has 0 saturated carbocycles. The fraction of sp³-hybridized carbons (Fsp3) is 0.130. The molecule has 226 valence electrons. The van der Waals surface area contributed by atoms with Crippen molar-refractivity contribution < 1.29 is 0 Å². The second kappa shape index (κ2) is 10.8. The van der Waals surface area contributed by atoms with Gasteiger partial charge in [-0.3, -0.25) is 0 Å². The molecule has 0 radical (unpaired) electrons. The first kappa shape index (κ1) is 28.3. The molecule has 0 spiro atoms. The Morgan fingerprint density at radius 2 is 1.13 bits per heavy atom. The van der Waals surface area contributed by atoms with E-state index in [-0.39, 0.29) is 0 Å². The number of allylic oxidation sites excluding steroid dienone is 1. The Labute approximate surface area is 280 Å². The molecule has 47 heavy (non-hydrogen) atoms. The van der Waals surface area contributed by atoms with Crippen LogP contribution in [-0.4, -0.2) is 0 Å². The smallest absolute Gasteiger partial charge is 0.0390 e. The summed E-state index contributed by atoms with van der Waals surface area (Å²) >= 11 is 1.95. The van der Waals surface area contributed by atoms with Gasteiger partial charge in [-0.05, 0) is 135 Å². The molecule has 1 heteroatoms. The van der Waals surface area contributed by atoms with Crippen LogP contribution in [0.25, 0.3) is 75.6 Å². The summed E-state index contributed by atoms with van der Waals surface area (Å²) in [5, 5.41) is 8.08. The van der Waals surface area contributed by atoms with E-state index in [1.54, 1.807) is 0 Å². The molecule has 0 fully saturated rings. The van der Waals surface area contributed by atoms with E-state index in [0.717, 1.165) is 12.8 Å². The van der Waals surface area contributed by atoms with Crippen LogP contribution in [0.15, 0.2) is 115 Å². The van der Waals surface area contributed by atoms with Gasteiger partial charge in [0.25, 0.3) is 0 Å². The summed E-state index contributed by atoms with van der Waals surface area (Å²) in [4.78, 5) is 0. The highest BCUT2D eigenvalue weighted by molar-refractivity contribution is 7.26. The van der Waals surface area contributed by atoms with Crippen molar-refractivity contribution in [1.29, 1.82) is 0 Å². The SMILES string of the molecule is Cc1c(C)c(C)c2c(sc3cc(-c4c5ccccc5c(-c5cccc6c5CCC(c5ccccc5)=C6)c5ccccc45)ccc32)c1C. The molecule has 0 atom stereocenters. The Morgan fingerprint density at radius 3 is 1.83 bits per heavy atom. The molecule has 8 aromatic rings. The molecule has 7 aromatic carbocycles. The van der Waals surface area contributed by atoms with Gasteiger partial charge in [0, 0.05) is 20.2 Å². The van der Waals surface area contributed by atoms with Crippen LogP contribution in [0.5, 0.6) is 0 Å². The average molecular weight is 621 g/mol. The fourth-order valence-corrected chi connectivity index (χ4v) is 9.55. The van der Waals surface area contributed by atoms with Crippen molar-refractivity contribution in [2.45, 2.75) is 40.5 Å². The van der Waals surface area contributed by atoms with Crippen molar-refractivity contribution in [3.05, 3.63) is 154 Å². The van der Waals surface area contributed by atoms with E-state index in [4.69, 9.17) is 0 Å². The molecular weight excluding hydrogens is 585 g/mol. The number of benzene rings is 7. The topological polar surface area (TPSA) is 0 Å². The van der Waals surface area contributed by atoms with Crippen molar-refractivity contribution in [3.8, 4) is 22.3 Å². The first-order valence-corrected chi connectivity index (χ1v) is 17.6. The summed E-state index contributed by atoms with van der Waals surface area (Å²) in [6.07, 6.45) is 4.51. The van der Waals surface area contributed by atoms with Gasteiger partial charge in [0.2, 0.25) is 0 Å². The molecule has 0 N–H and O–H groups in total. The van der Waals surface area contributed by atoms with E-state index in [0.29, 0.717) is 0 Å². The van der Waals surface area contributed by atoms with E-state index >= 15 is 0 Å². The number of fused-ring (bicyclic) bond motifs is 6. The Bertz CT molecular complexity index is 2540. The van der Waals surface area contributed by atoms with E-state index in [2.05, 4.69) is 149 Å². The minimum Gasteiger partial charge on any atom is -0.135 e. The zero-order valence-electron chi connectivity index (χ0n) is 27.4. The highest BCUT2D eigenvalue weighted by Crippen LogP contribution is 2.48.